The van der Waals surface area contributed by atoms with E-state index in [9.17, 15) is 0 Å². The Bertz CT molecular complexity index is 3120. The Balaban J connectivity index is 0.000000155. The number of aromatic nitrogens is 3. The number of hydrogen-bond acceptors (Lipinski definition) is 3. The molecule has 346 valence electrons. The first kappa shape index (κ1) is 50.5. The summed E-state index contributed by atoms with van der Waals surface area (Å²) in [5.41, 5.74) is 22.3. The molecule has 0 N–H and O–H groups in total. The summed E-state index contributed by atoms with van der Waals surface area (Å²) in [5, 5.41) is 0. The van der Waals surface area contributed by atoms with E-state index in [-0.39, 0.29) is 20.1 Å². The first-order chi connectivity index (χ1) is 33.5. The van der Waals surface area contributed by atoms with Crippen molar-refractivity contribution in [3.63, 3.8) is 0 Å². The van der Waals surface area contributed by atoms with Gasteiger partial charge < -0.3 is 15.0 Å². The van der Waals surface area contributed by atoms with Crippen molar-refractivity contribution < 1.29 is 20.1 Å². The van der Waals surface area contributed by atoms with Gasteiger partial charge in [0.1, 0.15) is 0 Å². The molecule has 0 amide bonds. The van der Waals surface area contributed by atoms with E-state index in [4.69, 9.17) is 0 Å². The van der Waals surface area contributed by atoms with Crippen LogP contribution in [0.2, 0.25) is 0 Å². The maximum atomic E-state index is 4.60. The number of aryl methyl sites for hydroxylation is 4. The van der Waals surface area contributed by atoms with Crippen LogP contribution in [0.5, 0.6) is 0 Å². The zero-order chi connectivity index (χ0) is 48.2. The Morgan fingerprint density at radius 1 is 0.386 bits per heavy atom. The summed E-state index contributed by atoms with van der Waals surface area (Å²) < 4.78 is 0. The van der Waals surface area contributed by atoms with Crippen molar-refractivity contribution in [1.82, 2.24) is 15.0 Å². The maximum absolute atomic E-state index is 4.60. The van der Waals surface area contributed by atoms with E-state index < -0.39 is 0 Å². The predicted octanol–water partition coefficient (Wildman–Crippen LogP) is 17.1. The molecule has 0 aliphatic heterocycles. The Labute approximate surface area is 429 Å². The summed E-state index contributed by atoms with van der Waals surface area (Å²) in [6.45, 7) is 15.3. The van der Waals surface area contributed by atoms with Gasteiger partial charge in [0.2, 0.25) is 0 Å². The molecule has 3 aromatic heterocycles. The van der Waals surface area contributed by atoms with Crippen molar-refractivity contribution in [2.24, 2.45) is 5.41 Å². The molecule has 0 spiro atoms. The predicted molar refractivity (Wildman–Crippen MR) is 289 cm³/mol. The van der Waals surface area contributed by atoms with Gasteiger partial charge in [-0.15, -0.1) is 95.1 Å². The van der Waals surface area contributed by atoms with E-state index in [1.165, 1.54) is 66.8 Å². The molecule has 4 heteroatoms. The van der Waals surface area contributed by atoms with Crippen LogP contribution in [0.4, 0.5) is 0 Å². The van der Waals surface area contributed by atoms with Gasteiger partial charge in [-0.05, 0) is 99.8 Å². The number of hydrogen-bond donors (Lipinski definition) is 0. The van der Waals surface area contributed by atoms with Gasteiger partial charge in [0.05, 0.1) is 0 Å². The monoisotopic (exact) mass is 1090 g/mol. The van der Waals surface area contributed by atoms with Gasteiger partial charge in [-0.1, -0.05) is 184 Å². The molecule has 0 bridgehead atoms. The van der Waals surface area contributed by atoms with Crippen LogP contribution in [0.15, 0.2) is 213 Å². The SMILES string of the molecule is Cc1cc(CC(C)(C)C)ccc1-c1cc(-c2[c-]cccc2)ncc1C.Cc1ccc(-c2[c-]cc(C)c(-c3ccccc3)c2)nc1.[Ir+3].[c-]1cc(-c2ccccc2)ccc1-c1ccc(-c2ccccc2)cn1. The molecule has 0 saturated heterocycles. The van der Waals surface area contributed by atoms with Crippen LogP contribution < -0.4 is 0 Å². The minimum Gasteiger partial charge on any atom is -0.304 e. The first-order valence-electron chi connectivity index (χ1n) is 23.6. The van der Waals surface area contributed by atoms with Gasteiger partial charge in [0.25, 0.3) is 0 Å². The van der Waals surface area contributed by atoms with E-state index in [2.05, 4.69) is 190 Å². The standard InChI is InChI=1S/C24H26N.C23H16N.C19H16N.Ir/c1-17-13-19(15-24(3,4)5)11-12-21(17)22-14-23(25-16-18(22)2)20-9-7-6-8-10-20;1-3-7-18(8-4-1)20-11-13-21(14-12-20)23-16-15-22(17-24-23)19-9-5-2-6-10-19;1-14-8-11-19(20-13-14)17-10-9-15(2)18(12-17)16-6-4-3-5-7-16;/h6-9,11-14,16H,15H2,1-5H3;1-13,15-17H;3-9,11-13H,1-2H3;/q3*-1;+3. The van der Waals surface area contributed by atoms with Crippen LogP contribution >= 0.6 is 0 Å². The molecule has 7 aromatic carbocycles. The molecule has 0 aliphatic rings. The molecular weight excluding hydrogens is 1030 g/mol. The van der Waals surface area contributed by atoms with Gasteiger partial charge in [0.15, 0.2) is 0 Å². The van der Waals surface area contributed by atoms with Crippen molar-refractivity contribution in [3.8, 4) is 78.3 Å². The second-order valence-electron chi connectivity index (χ2n) is 18.7. The Kier molecular flexibility index (Phi) is 17.2. The van der Waals surface area contributed by atoms with Crippen molar-refractivity contribution in [3.05, 3.63) is 259 Å². The topological polar surface area (TPSA) is 38.7 Å². The molecule has 70 heavy (non-hydrogen) atoms. The average Bonchev–Trinajstić information content (AvgIpc) is 3.38. The van der Waals surface area contributed by atoms with Gasteiger partial charge in [-0.25, -0.2) is 0 Å². The first-order valence-corrected chi connectivity index (χ1v) is 23.6. The van der Waals surface area contributed by atoms with Gasteiger partial charge in [0, 0.05) is 18.6 Å². The minimum absolute atomic E-state index is 0. The largest absolute Gasteiger partial charge is 3.00 e. The molecule has 0 unspecified atom stereocenters. The summed E-state index contributed by atoms with van der Waals surface area (Å²) in [4.78, 5) is 13.7. The summed E-state index contributed by atoms with van der Waals surface area (Å²) in [6, 6.07) is 76.8. The van der Waals surface area contributed by atoms with Crippen LogP contribution in [0, 0.1) is 51.3 Å². The average molecular weight is 1090 g/mol. The molecule has 3 heterocycles. The van der Waals surface area contributed by atoms with E-state index in [1.807, 2.05) is 104 Å². The number of nitrogens with zero attached hydrogens (tertiary/aromatic N) is 3. The molecule has 3 nitrogen and oxygen atoms in total. The number of rotatable bonds is 8. The van der Waals surface area contributed by atoms with Crippen LogP contribution in [0.3, 0.4) is 0 Å². The quantitative estimate of drug-likeness (QED) is 0.142. The van der Waals surface area contributed by atoms with E-state index in [0.29, 0.717) is 5.41 Å². The summed E-state index contributed by atoms with van der Waals surface area (Å²) >= 11 is 0. The number of benzene rings is 7. The summed E-state index contributed by atoms with van der Waals surface area (Å²) in [5.74, 6) is 0. The van der Waals surface area contributed by atoms with Crippen LogP contribution in [0.25, 0.3) is 78.3 Å². The molecule has 10 aromatic rings. The van der Waals surface area contributed by atoms with Crippen molar-refractivity contribution in [2.75, 3.05) is 0 Å². The van der Waals surface area contributed by atoms with Crippen molar-refractivity contribution >= 4 is 0 Å². The fraction of sp³-hybridized carbons (Fsp3) is 0.136. The minimum atomic E-state index is 0. The Morgan fingerprint density at radius 3 is 1.56 bits per heavy atom. The molecular formula is C66H58IrN3. The normalized spacial score (nSPS) is 10.7. The van der Waals surface area contributed by atoms with Gasteiger partial charge in [-0.3, -0.25) is 0 Å². The molecule has 0 saturated carbocycles. The van der Waals surface area contributed by atoms with Crippen LogP contribution in [-0.4, -0.2) is 15.0 Å². The van der Waals surface area contributed by atoms with E-state index in [0.717, 1.165) is 45.8 Å². The fourth-order valence-electron chi connectivity index (χ4n) is 8.28. The Morgan fingerprint density at radius 2 is 0.971 bits per heavy atom. The molecule has 0 fully saturated rings. The van der Waals surface area contributed by atoms with Crippen molar-refractivity contribution in [2.45, 2.75) is 54.9 Å². The van der Waals surface area contributed by atoms with E-state index in [1.54, 1.807) is 0 Å². The third-order valence-electron chi connectivity index (χ3n) is 11.9. The third-order valence-corrected chi connectivity index (χ3v) is 11.9. The molecule has 0 aliphatic carbocycles. The third kappa shape index (κ3) is 13.4. The van der Waals surface area contributed by atoms with E-state index >= 15 is 0 Å². The second-order valence-corrected chi connectivity index (χ2v) is 18.7. The molecule has 10 rings (SSSR count). The van der Waals surface area contributed by atoms with Gasteiger partial charge >= 0.3 is 20.1 Å². The fourth-order valence-corrected chi connectivity index (χ4v) is 8.28. The van der Waals surface area contributed by atoms with Crippen LogP contribution in [-0.2, 0) is 26.5 Å². The zero-order valence-corrected chi connectivity index (χ0v) is 43.5. The second kappa shape index (κ2) is 23.8. The number of pyridine rings is 3. The smallest absolute Gasteiger partial charge is 0.304 e. The summed E-state index contributed by atoms with van der Waals surface area (Å²) in [7, 11) is 0. The zero-order valence-electron chi connectivity index (χ0n) is 41.1. The molecule has 0 radical (unpaired) electrons. The Hall–Kier alpha value is -7.36. The van der Waals surface area contributed by atoms with Gasteiger partial charge in [-0.2, -0.15) is 0 Å². The van der Waals surface area contributed by atoms with Crippen molar-refractivity contribution in [1.29, 1.82) is 0 Å². The molecule has 0 atom stereocenters. The van der Waals surface area contributed by atoms with Crippen LogP contribution in [0.1, 0.15) is 48.6 Å². The maximum Gasteiger partial charge on any atom is 3.00 e. The summed E-state index contributed by atoms with van der Waals surface area (Å²) in [6.07, 6.45) is 6.87.